The Balaban J connectivity index is 1.76. The van der Waals surface area contributed by atoms with Gasteiger partial charge in [-0.05, 0) is 35.7 Å². The van der Waals surface area contributed by atoms with Gasteiger partial charge in [0.05, 0.1) is 0 Å². The molecule has 3 N–H and O–H groups in total. The molecule has 0 aromatic heterocycles. The molecule has 3 rings (SSSR count). The second-order valence-electron chi connectivity index (χ2n) is 5.80. The number of hydrogen-bond acceptors (Lipinski definition) is 4. The largest absolute Gasteiger partial charge is 0.482 e. The number of ether oxygens (including phenoxy) is 1. The first kappa shape index (κ1) is 17.7. The molecule has 25 heavy (non-hydrogen) atoms. The van der Waals surface area contributed by atoms with Crippen LogP contribution >= 0.6 is 11.6 Å². The molecule has 132 valence electrons. The molecule has 0 heterocycles. The number of halogens is 1. The summed E-state index contributed by atoms with van der Waals surface area (Å²) in [5, 5.41) is 0.251. The topological polar surface area (TPSA) is 98.5 Å². The second kappa shape index (κ2) is 7.03. The van der Waals surface area contributed by atoms with Gasteiger partial charge in [-0.3, -0.25) is 4.79 Å². The van der Waals surface area contributed by atoms with E-state index in [1.807, 2.05) is 24.3 Å². The molecule has 2 aromatic carbocycles. The summed E-state index contributed by atoms with van der Waals surface area (Å²) in [5.74, 6) is -0.526. The van der Waals surface area contributed by atoms with Crippen LogP contribution in [0.3, 0.4) is 0 Å². The molecule has 0 saturated carbocycles. The number of sulfonamides is 1. The molecule has 0 fully saturated rings. The number of nitrogens with two attached hydrogens (primary N) is 1. The van der Waals surface area contributed by atoms with Gasteiger partial charge in [-0.25, -0.2) is 13.1 Å². The molecule has 0 spiro atoms. The molecule has 1 aliphatic rings. The number of fused-ring (bicyclic) bond motifs is 1. The lowest BCUT2D eigenvalue weighted by Crippen LogP contribution is -2.33. The van der Waals surface area contributed by atoms with Gasteiger partial charge in [-0.2, -0.15) is 0 Å². The third-order valence-corrected chi connectivity index (χ3v) is 5.73. The Labute approximate surface area is 151 Å². The number of primary amides is 1. The summed E-state index contributed by atoms with van der Waals surface area (Å²) in [6, 6.07) is 12.1. The van der Waals surface area contributed by atoms with Crippen LogP contribution in [0.15, 0.2) is 47.4 Å². The maximum absolute atomic E-state index is 12.6. The van der Waals surface area contributed by atoms with E-state index in [0.717, 1.165) is 12.0 Å². The molecule has 0 saturated heterocycles. The highest BCUT2D eigenvalue weighted by atomic mass is 35.5. The molecular weight excluding hydrogens is 364 g/mol. The van der Waals surface area contributed by atoms with E-state index in [1.165, 1.54) is 23.8 Å². The predicted molar refractivity (Wildman–Crippen MR) is 94.2 cm³/mol. The van der Waals surface area contributed by atoms with Crippen LogP contribution in [0.25, 0.3) is 0 Å². The van der Waals surface area contributed by atoms with Crippen LogP contribution in [0.2, 0.25) is 5.02 Å². The molecule has 6 nitrogen and oxygen atoms in total. The Morgan fingerprint density at radius 2 is 2.04 bits per heavy atom. The van der Waals surface area contributed by atoms with Gasteiger partial charge in [0.25, 0.3) is 5.91 Å². The van der Waals surface area contributed by atoms with Crippen molar-refractivity contribution in [3.05, 3.63) is 58.6 Å². The van der Waals surface area contributed by atoms with Crippen LogP contribution in [0.1, 0.15) is 17.0 Å². The third kappa shape index (κ3) is 3.95. The minimum Gasteiger partial charge on any atom is -0.482 e. The van der Waals surface area contributed by atoms with Crippen LogP contribution in [0.5, 0.6) is 5.75 Å². The summed E-state index contributed by atoms with van der Waals surface area (Å²) in [4.78, 5) is 10.8. The number of carbonyl (C=O) groups is 1. The van der Waals surface area contributed by atoms with Crippen molar-refractivity contribution in [2.24, 2.45) is 5.73 Å². The van der Waals surface area contributed by atoms with Crippen LogP contribution in [0, 0.1) is 0 Å². The van der Waals surface area contributed by atoms with E-state index in [0.29, 0.717) is 0 Å². The lowest BCUT2D eigenvalue weighted by molar-refractivity contribution is -0.120. The van der Waals surface area contributed by atoms with Crippen LogP contribution in [0.4, 0.5) is 0 Å². The van der Waals surface area contributed by atoms with Gasteiger partial charge in [0.15, 0.2) is 6.61 Å². The molecule has 0 bridgehead atoms. The molecule has 0 unspecified atom stereocenters. The Morgan fingerprint density at radius 3 is 2.76 bits per heavy atom. The van der Waals surface area contributed by atoms with E-state index in [4.69, 9.17) is 22.1 Å². The van der Waals surface area contributed by atoms with E-state index in [1.54, 1.807) is 0 Å². The number of carbonyl (C=O) groups excluding carboxylic acids is 1. The fraction of sp³-hybridized carbons (Fsp3) is 0.235. The minimum atomic E-state index is -3.85. The van der Waals surface area contributed by atoms with Crippen LogP contribution in [-0.2, 0) is 21.2 Å². The number of rotatable bonds is 7. The Hall–Kier alpha value is -2.09. The van der Waals surface area contributed by atoms with Gasteiger partial charge in [0.2, 0.25) is 10.0 Å². The maximum atomic E-state index is 12.6. The zero-order chi connectivity index (χ0) is 18.0. The van der Waals surface area contributed by atoms with Crippen molar-refractivity contribution in [2.45, 2.75) is 17.2 Å². The van der Waals surface area contributed by atoms with Crippen molar-refractivity contribution in [1.29, 1.82) is 0 Å². The standard InChI is InChI=1S/C17H17ClN2O4S/c18-13-5-6-15(24-10-17(19)21)16(8-13)25(22,23)20-9-12-7-11-3-1-2-4-14(11)12/h1-6,8,12,20H,7,9-10H2,(H2,19,21)/t12-/m1/s1. The second-order valence-corrected chi connectivity index (χ2v) is 7.97. The quantitative estimate of drug-likeness (QED) is 0.765. The van der Waals surface area contributed by atoms with Gasteiger partial charge in [-0.1, -0.05) is 35.9 Å². The van der Waals surface area contributed by atoms with E-state index < -0.39 is 22.5 Å². The van der Waals surface area contributed by atoms with Crippen molar-refractivity contribution in [1.82, 2.24) is 4.72 Å². The summed E-state index contributed by atoms with van der Waals surface area (Å²) in [5.41, 5.74) is 7.43. The number of benzene rings is 2. The highest BCUT2D eigenvalue weighted by Gasteiger charge is 2.28. The molecule has 2 aromatic rings. The Bertz CT molecular complexity index is 915. The number of amides is 1. The van der Waals surface area contributed by atoms with Crippen molar-refractivity contribution in [2.75, 3.05) is 13.2 Å². The minimum absolute atomic E-state index is 0.0321. The molecule has 1 aliphatic carbocycles. The molecule has 0 aliphatic heterocycles. The normalized spacial score (nSPS) is 16.0. The maximum Gasteiger partial charge on any atom is 0.255 e. The number of hydrogen-bond donors (Lipinski definition) is 2. The van der Waals surface area contributed by atoms with E-state index in [2.05, 4.69) is 4.72 Å². The summed E-state index contributed by atoms with van der Waals surface area (Å²) in [6.45, 7) is -0.138. The average molecular weight is 381 g/mol. The zero-order valence-corrected chi connectivity index (χ0v) is 14.8. The fourth-order valence-corrected chi connectivity index (χ4v) is 4.28. The first-order chi connectivity index (χ1) is 11.9. The first-order valence-corrected chi connectivity index (χ1v) is 9.51. The lowest BCUT2D eigenvalue weighted by atomic mass is 9.78. The van der Waals surface area contributed by atoms with E-state index in [-0.39, 0.29) is 28.1 Å². The first-order valence-electron chi connectivity index (χ1n) is 7.65. The highest BCUT2D eigenvalue weighted by Crippen LogP contribution is 2.35. The van der Waals surface area contributed by atoms with E-state index in [9.17, 15) is 13.2 Å². The van der Waals surface area contributed by atoms with Crippen LogP contribution < -0.4 is 15.2 Å². The Kier molecular flexibility index (Phi) is 4.99. The van der Waals surface area contributed by atoms with Gasteiger partial charge in [-0.15, -0.1) is 0 Å². The summed E-state index contributed by atoms with van der Waals surface area (Å²) < 4.78 is 33.1. The third-order valence-electron chi connectivity index (χ3n) is 4.05. The van der Waals surface area contributed by atoms with Gasteiger partial charge in [0.1, 0.15) is 10.6 Å². The predicted octanol–water partition coefficient (Wildman–Crippen LogP) is 1.82. The van der Waals surface area contributed by atoms with Crippen LogP contribution in [-0.4, -0.2) is 27.5 Å². The van der Waals surface area contributed by atoms with Gasteiger partial charge >= 0.3 is 0 Å². The number of nitrogens with one attached hydrogen (secondary N) is 1. The molecule has 1 amide bonds. The SMILES string of the molecule is NC(=O)COc1ccc(Cl)cc1S(=O)(=O)NC[C@H]1Cc2ccccc21. The van der Waals surface area contributed by atoms with Crippen molar-refractivity contribution < 1.29 is 17.9 Å². The monoisotopic (exact) mass is 380 g/mol. The molecule has 0 radical (unpaired) electrons. The van der Waals surface area contributed by atoms with Crippen molar-refractivity contribution in [3.8, 4) is 5.75 Å². The van der Waals surface area contributed by atoms with Gasteiger partial charge < -0.3 is 10.5 Å². The summed E-state index contributed by atoms with van der Waals surface area (Å²) in [7, 11) is -3.85. The molecule has 1 atom stereocenters. The molecular formula is C17H17ClN2O4S. The Morgan fingerprint density at radius 1 is 1.28 bits per heavy atom. The average Bonchev–Trinajstić information content (AvgIpc) is 2.54. The van der Waals surface area contributed by atoms with Gasteiger partial charge in [0, 0.05) is 17.5 Å². The lowest BCUT2D eigenvalue weighted by Gasteiger charge is -2.30. The highest BCUT2D eigenvalue weighted by molar-refractivity contribution is 7.89. The van der Waals surface area contributed by atoms with E-state index >= 15 is 0 Å². The zero-order valence-electron chi connectivity index (χ0n) is 13.2. The smallest absolute Gasteiger partial charge is 0.255 e. The molecule has 8 heteroatoms. The summed E-state index contributed by atoms with van der Waals surface area (Å²) in [6.07, 6.45) is 0.833. The van der Waals surface area contributed by atoms with Crippen molar-refractivity contribution in [3.63, 3.8) is 0 Å². The van der Waals surface area contributed by atoms with Crippen molar-refractivity contribution >= 4 is 27.5 Å². The summed E-state index contributed by atoms with van der Waals surface area (Å²) >= 11 is 5.91. The fourth-order valence-electron chi connectivity index (χ4n) is 2.79.